The number of halogens is 1. The maximum atomic E-state index is 10.8. The fourth-order valence-electron chi connectivity index (χ4n) is 2.13. The lowest BCUT2D eigenvalue weighted by molar-refractivity contribution is -0.136. The van der Waals surface area contributed by atoms with Crippen LogP contribution in [-0.4, -0.2) is 25.3 Å². The normalized spacial score (nSPS) is 10.6. The van der Waals surface area contributed by atoms with Crippen LogP contribution in [0.5, 0.6) is 11.5 Å². The summed E-state index contributed by atoms with van der Waals surface area (Å²) < 4.78 is 11.6. The van der Waals surface area contributed by atoms with E-state index in [1.165, 1.54) is 0 Å². The molecule has 0 saturated heterocycles. The molecule has 0 unspecified atom stereocenters. The van der Waals surface area contributed by atoms with Crippen molar-refractivity contribution in [3.8, 4) is 11.5 Å². The van der Waals surface area contributed by atoms with Gasteiger partial charge in [-0.15, -0.1) is 0 Å². The summed E-state index contributed by atoms with van der Waals surface area (Å²) in [7, 11) is 3.18. The third-order valence-corrected chi connectivity index (χ3v) is 3.64. The van der Waals surface area contributed by atoms with Crippen molar-refractivity contribution in [3.05, 3.63) is 21.7 Å². The van der Waals surface area contributed by atoms with E-state index >= 15 is 0 Å². The molecule has 0 bridgehead atoms. The van der Waals surface area contributed by atoms with Crippen LogP contribution in [0.2, 0.25) is 0 Å². The van der Waals surface area contributed by atoms with Crippen LogP contribution in [-0.2, 0) is 11.2 Å². The topological polar surface area (TPSA) is 55.8 Å². The van der Waals surface area contributed by atoms with Gasteiger partial charge in [0.2, 0.25) is 0 Å². The molecule has 0 saturated carbocycles. The number of rotatable bonds is 6. The molecule has 19 heavy (non-hydrogen) atoms. The molecule has 5 heteroatoms. The van der Waals surface area contributed by atoms with Crippen LogP contribution in [0.3, 0.4) is 0 Å². The van der Waals surface area contributed by atoms with Gasteiger partial charge in [-0.3, -0.25) is 4.79 Å². The Morgan fingerprint density at radius 1 is 1.37 bits per heavy atom. The maximum absolute atomic E-state index is 10.8. The van der Waals surface area contributed by atoms with Crippen LogP contribution < -0.4 is 9.47 Å². The molecule has 106 valence electrons. The van der Waals surface area contributed by atoms with E-state index in [-0.39, 0.29) is 12.3 Å². The second kappa shape index (κ2) is 6.80. The van der Waals surface area contributed by atoms with E-state index in [1.807, 2.05) is 19.9 Å². The average Bonchev–Trinajstić information content (AvgIpc) is 2.35. The number of hydrogen-bond acceptors (Lipinski definition) is 3. The Hall–Kier alpha value is -1.23. The highest BCUT2D eigenvalue weighted by molar-refractivity contribution is 9.10. The number of ether oxygens (including phenoxy) is 2. The molecule has 1 N–H and O–H groups in total. The van der Waals surface area contributed by atoms with Crippen LogP contribution in [0, 0.1) is 0 Å². The van der Waals surface area contributed by atoms with Crippen molar-refractivity contribution in [1.82, 2.24) is 0 Å². The number of hydrogen-bond donors (Lipinski definition) is 1. The Morgan fingerprint density at radius 2 is 2.00 bits per heavy atom. The van der Waals surface area contributed by atoms with Gasteiger partial charge in [0.05, 0.1) is 14.2 Å². The van der Waals surface area contributed by atoms with Crippen molar-refractivity contribution in [1.29, 1.82) is 0 Å². The lowest BCUT2D eigenvalue weighted by atomic mass is 9.93. The van der Waals surface area contributed by atoms with Crippen LogP contribution in [0.15, 0.2) is 10.5 Å². The van der Waals surface area contributed by atoms with Gasteiger partial charge in [-0.25, -0.2) is 0 Å². The Labute approximate surface area is 121 Å². The molecule has 0 fully saturated rings. The summed E-state index contributed by atoms with van der Waals surface area (Å²) in [5, 5.41) is 8.85. The molecule has 0 amide bonds. The molecule has 0 atom stereocenters. The van der Waals surface area contributed by atoms with Crippen molar-refractivity contribution >= 4 is 21.9 Å². The monoisotopic (exact) mass is 330 g/mol. The third kappa shape index (κ3) is 3.62. The number of carboxylic acids is 1. The summed E-state index contributed by atoms with van der Waals surface area (Å²) in [4.78, 5) is 10.8. The van der Waals surface area contributed by atoms with Crippen LogP contribution in [0.25, 0.3) is 0 Å². The SMILES string of the molecule is COc1cc(Br)c(CCC(=O)O)c(C(C)C)c1OC. The maximum Gasteiger partial charge on any atom is 0.303 e. The Morgan fingerprint density at radius 3 is 2.42 bits per heavy atom. The number of benzene rings is 1. The molecule has 0 radical (unpaired) electrons. The number of carboxylic acid groups (broad SMARTS) is 1. The van der Waals surface area contributed by atoms with Gasteiger partial charge in [-0.2, -0.15) is 0 Å². The average molecular weight is 331 g/mol. The van der Waals surface area contributed by atoms with Gasteiger partial charge < -0.3 is 14.6 Å². The molecule has 4 nitrogen and oxygen atoms in total. The lowest BCUT2D eigenvalue weighted by Gasteiger charge is -2.20. The van der Waals surface area contributed by atoms with Crippen molar-refractivity contribution < 1.29 is 19.4 Å². The van der Waals surface area contributed by atoms with Gasteiger partial charge in [-0.05, 0) is 24.0 Å². The molecule has 0 aliphatic carbocycles. The molecular weight excluding hydrogens is 312 g/mol. The summed E-state index contributed by atoms with van der Waals surface area (Å²) in [5.41, 5.74) is 1.96. The van der Waals surface area contributed by atoms with Gasteiger partial charge in [0.1, 0.15) is 0 Å². The fraction of sp³-hybridized carbons (Fsp3) is 0.500. The summed E-state index contributed by atoms with van der Waals surface area (Å²) in [6, 6.07) is 1.82. The number of methoxy groups -OCH3 is 2. The number of aliphatic carboxylic acids is 1. The van der Waals surface area contributed by atoms with Crippen LogP contribution in [0.1, 0.15) is 37.3 Å². The van der Waals surface area contributed by atoms with Gasteiger partial charge in [0, 0.05) is 16.5 Å². The summed E-state index contributed by atoms with van der Waals surface area (Å²) in [5.74, 6) is 0.736. The zero-order chi connectivity index (χ0) is 14.6. The second-order valence-corrected chi connectivity index (χ2v) is 5.39. The molecule has 0 aliphatic heterocycles. The molecule has 0 aromatic heterocycles. The highest BCUT2D eigenvalue weighted by Crippen LogP contribution is 2.42. The predicted octanol–water partition coefficient (Wildman–Crippen LogP) is 3.61. The summed E-state index contributed by atoms with van der Waals surface area (Å²) in [6.45, 7) is 4.10. The van der Waals surface area contributed by atoms with E-state index in [0.29, 0.717) is 17.9 Å². The first-order chi connectivity index (χ1) is 8.92. The highest BCUT2D eigenvalue weighted by atomic mass is 79.9. The van der Waals surface area contributed by atoms with Crippen molar-refractivity contribution in [3.63, 3.8) is 0 Å². The van der Waals surface area contributed by atoms with Gasteiger partial charge >= 0.3 is 5.97 Å². The van der Waals surface area contributed by atoms with E-state index in [4.69, 9.17) is 14.6 Å². The molecule has 1 aromatic rings. The van der Waals surface area contributed by atoms with E-state index in [0.717, 1.165) is 15.6 Å². The first kappa shape index (κ1) is 15.8. The highest BCUT2D eigenvalue weighted by Gasteiger charge is 2.21. The second-order valence-electron chi connectivity index (χ2n) is 4.53. The van der Waals surface area contributed by atoms with Crippen LogP contribution in [0.4, 0.5) is 0 Å². The Kier molecular flexibility index (Phi) is 5.66. The molecule has 0 heterocycles. The van der Waals surface area contributed by atoms with Crippen LogP contribution >= 0.6 is 15.9 Å². The predicted molar refractivity (Wildman–Crippen MR) is 77.3 cm³/mol. The lowest BCUT2D eigenvalue weighted by Crippen LogP contribution is -2.06. The molecule has 0 spiro atoms. The fourth-order valence-corrected chi connectivity index (χ4v) is 2.74. The van der Waals surface area contributed by atoms with Crippen molar-refractivity contribution in [2.75, 3.05) is 14.2 Å². The van der Waals surface area contributed by atoms with E-state index < -0.39 is 5.97 Å². The zero-order valence-corrected chi connectivity index (χ0v) is 13.2. The minimum absolute atomic E-state index is 0.0911. The van der Waals surface area contributed by atoms with Gasteiger partial charge in [-0.1, -0.05) is 29.8 Å². The quantitative estimate of drug-likeness (QED) is 0.865. The smallest absolute Gasteiger partial charge is 0.303 e. The molecule has 1 rings (SSSR count). The minimum Gasteiger partial charge on any atom is -0.493 e. The Bertz CT molecular complexity index is 469. The van der Waals surface area contributed by atoms with E-state index in [1.54, 1.807) is 14.2 Å². The minimum atomic E-state index is -0.809. The first-order valence-corrected chi connectivity index (χ1v) is 6.86. The van der Waals surface area contributed by atoms with E-state index in [2.05, 4.69) is 15.9 Å². The van der Waals surface area contributed by atoms with Crippen molar-refractivity contribution in [2.24, 2.45) is 0 Å². The number of carbonyl (C=O) groups is 1. The first-order valence-electron chi connectivity index (χ1n) is 6.07. The van der Waals surface area contributed by atoms with Crippen molar-refractivity contribution in [2.45, 2.75) is 32.6 Å². The standard InChI is InChI=1S/C14H19BrO4/c1-8(2)13-9(5-6-12(16)17)10(15)7-11(18-3)14(13)19-4/h7-8H,5-6H2,1-4H3,(H,16,17). The zero-order valence-electron chi connectivity index (χ0n) is 11.6. The molecular formula is C14H19BrO4. The largest absolute Gasteiger partial charge is 0.493 e. The van der Waals surface area contributed by atoms with E-state index in [9.17, 15) is 4.79 Å². The molecule has 0 aliphatic rings. The summed E-state index contributed by atoms with van der Waals surface area (Å²) in [6.07, 6.45) is 0.553. The van der Waals surface area contributed by atoms with Gasteiger partial charge in [0.15, 0.2) is 11.5 Å². The summed E-state index contributed by atoms with van der Waals surface area (Å²) >= 11 is 3.49. The molecule has 1 aromatic carbocycles. The Balaban J connectivity index is 3.38. The third-order valence-electron chi connectivity index (χ3n) is 2.93. The van der Waals surface area contributed by atoms with Gasteiger partial charge in [0.25, 0.3) is 0 Å².